The average Bonchev–Trinajstić information content (AvgIpc) is 2.18. The van der Waals surface area contributed by atoms with Crippen LogP contribution in [0.15, 0.2) is 5.10 Å². The van der Waals surface area contributed by atoms with E-state index >= 15 is 0 Å². The maximum absolute atomic E-state index is 11.5. The average molecular weight is 212 g/mol. The molecule has 6 heteroatoms. The minimum atomic E-state index is -0.226. The molecule has 0 aliphatic carbocycles. The van der Waals surface area contributed by atoms with E-state index in [2.05, 4.69) is 15.8 Å². The van der Waals surface area contributed by atoms with Crippen LogP contribution in [-0.4, -0.2) is 30.1 Å². The van der Waals surface area contributed by atoms with E-state index in [-0.39, 0.29) is 17.9 Å². The van der Waals surface area contributed by atoms with E-state index in [1.807, 2.05) is 6.92 Å². The summed E-state index contributed by atoms with van der Waals surface area (Å²) >= 11 is 0. The molecule has 6 nitrogen and oxygen atoms in total. The molecule has 1 unspecified atom stereocenters. The fraction of sp³-hybridized carbons (Fsp3) is 0.667. The Labute approximate surface area is 88.3 Å². The third kappa shape index (κ3) is 4.07. The van der Waals surface area contributed by atoms with Crippen LogP contribution in [0.4, 0.5) is 0 Å². The number of hydrogen-bond donors (Lipinski definition) is 3. The van der Waals surface area contributed by atoms with E-state index in [0.717, 1.165) is 6.42 Å². The van der Waals surface area contributed by atoms with Crippen molar-refractivity contribution in [1.29, 1.82) is 0 Å². The van der Waals surface area contributed by atoms with Gasteiger partial charge in [-0.2, -0.15) is 5.10 Å². The van der Waals surface area contributed by atoms with Crippen molar-refractivity contribution in [2.75, 3.05) is 6.54 Å². The van der Waals surface area contributed by atoms with Gasteiger partial charge in [-0.15, -0.1) is 0 Å². The van der Waals surface area contributed by atoms with E-state index in [9.17, 15) is 9.59 Å². The highest BCUT2D eigenvalue weighted by Crippen LogP contribution is 1.99. The first-order valence-corrected chi connectivity index (χ1v) is 4.99. The lowest BCUT2D eigenvalue weighted by atomic mass is 10.1. The molecule has 0 aromatic rings. The number of rotatable bonds is 4. The van der Waals surface area contributed by atoms with Gasteiger partial charge in [-0.05, 0) is 13.3 Å². The predicted octanol–water partition coefficient (Wildman–Crippen LogP) is -0.894. The number of nitrogens with two attached hydrogens (primary N) is 1. The highest BCUT2D eigenvalue weighted by atomic mass is 16.2. The molecule has 0 aromatic heterocycles. The highest BCUT2D eigenvalue weighted by Gasteiger charge is 2.17. The Bertz CT molecular complexity index is 286. The number of nitrogens with one attached hydrogen (secondary N) is 2. The molecule has 0 spiro atoms. The van der Waals surface area contributed by atoms with Crippen LogP contribution in [0.2, 0.25) is 0 Å². The lowest BCUT2D eigenvalue weighted by Crippen LogP contribution is -2.38. The molecule has 0 bridgehead atoms. The molecular weight excluding hydrogens is 196 g/mol. The Morgan fingerprint density at radius 1 is 1.67 bits per heavy atom. The van der Waals surface area contributed by atoms with Gasteiger partial charge in [-0.3, -0.25) is 9.59 Å². The maximum Gasteiger partial charge on any atom is 0.267 e. The molecule has 4 N–H and O–H groups in total. The van der Waals surface area contributed by atoms with Gasteiger partial charge in [0, 0.05) is 25.4 Å². The molecule has 1 heterocycles. The Morgan fingerprint density at radius 3 is 2.93 bits per heavy atom. The molecule has 1 rings (SSSR count). The summed E-state index contributed by atoms with van der Waals surface area (Å²) < 4.78 is 0. The number of hydrazone groups is 1. The fourth-order valence-corrected chi connectivity index (χ4v) is 1.15. The second-order valence-electron chi connectivity index (χ2n) is 3.62. The topological polar surface area (TPSA) is 96.6 Å². The van der Waals surface area contributed by atoms with Gasteiger partial charge in [0.25, 0.3) is 5.91 Å². The van der Waals surface area contributed by atoms with Crippen LogP contribution in [-0.2, 0) is 9.59 Å². The van der Waals surface area contributed by atoms with Crippen molar-refractivity contribution in [2.24, 2.45) is 10.8 Å². The molecule has 1 atom stereocenters. The molecule has 0 aromatic carbocycles. The van der Waals surface area contributed by atoms with Gasteiger partial charge in [0.1, 0.15) is 5.71 Å². The van der Waals surface area contributed by atoms with Crippen molar-refractivity contribution < 1.29 is 9.59 Å². The van der Waals surface area contributed by atoms with Crippen LogP contribution in [0.3, 0.4) is 0 Å². The minimum absolute atomic E-state index is 0.0679. The third-order valence-corrected chi connectivity index (χ3v) is 2.05. The summed E-state index contributed by atoms with van der Waals surface area (Å²) in [4.78, 5) is 22.2. The monoisotopic (exact) mass is 212 g/mol. The normalized spacial score (nSPS) is 17.7. The molecule has 0 saturated carbocycles. The molecule has 0 fully saturated rings. The Kier molecular flexibility index (Phi) is 4.23. The lowest BCUT2D eigenvalue weighted by molar-refractivity contribution is -0.121. The first kappa shape index (κ1) is 11.6. The van der Waals surface area contributed by atoms with Crippen molar-refractivity contribution in [3.63, 3.8) is 0 Å². The summed E-state index contributed by atoms with van der Waals surface area (Å²) in [6.45, 7) is 2.41. The summed E-state index contributed by atoms with van der Waals surface area (Å²) in [6.07, 6.45) is 1.45. The van der Waals surface area contributed by atoms with Crippen molar-refractivity contribution in [3.8, 4) is 0 Å². The SMILES string of the molecule is CC(N)CCNC(=O)C1=NNC(=O)CC1. The Morgan fingerprint density at radius 2 is 2.40 bits per heavy atom. The Balaban J connectivity index is 2.31. The number of carbonyl (C=O) groups is 2. The quantitative estimate of drug-likeness (QED) is 0.563. The van der Waals surface area contributed by atoms with Gasteiger partial charge in [-0.25, -0.2) is 5.43 Å². The second kappa shape index (κ2) is 5.45. The smallest absolute Gasteiger partial charge is 0.267 e. The van der Waals surface area contributed by atoms with Gasteiger partial charge in [0.05, 0.1) is 0 Å². The first-order chi connectivity index (χ1) is 7.09. The third-order valence-electron chi connectivity index (χ3n) is 2.05. The van der Waals surface area contributed by atoms with Gasteiger partial charge in [0.2, 0.25) is 5.91 Å². The van der Waals surface area contributed by atoms with Crippen molar-refractivity contribution in [2.45, 2.75) is 32.2 Å². The van der Waals surface area contributed by atoms with Crippen molar-refractivity contribution in [1.82, 2.24) is 10.7 Å². The molecule has 0 saturated heterocycles. The predicted molar refractivity (Wildman–Crippen MR) is 56.1 cm³/mol. The molecular formula is C9H16N4O2. The number of nitrogens with zero attached hydrogens (tertiary/aromatic N) is 1. The van der Waals surface area contributed by atoms with Crippen LogP contribution >= 0.6 is 0 Å². The zero-order valence-corrected chi connectivity index (χ0v) is 8.75. The summed E-state index contributed by atoms with van der Waals surface area (Å²) in [7, 11) is 0. The Hall–Kier alpha value is -1.43. The van der Waals surface area contributed by atoms with Crippen LogP contribution in [0, 0.1) is 0 Å². The van der Waals surface area contributed by atoms with E-state index in [0.29, 0.717) is 25.1 Å². The van der Waals surface area contributed by atoms with E-state index in [4.69, 9.17) is 5.73 Å². The zero-order chi connectivity index (χ0) is 11.3. The van der Waals surface area contributed by atoms with Gasteiger partial charge in [0.15, 0.2) is 0 Å². The fourth-order valence-electron chi connectivity index (χ4n) is 1.15. The molecule has 2 amide bonds. The summed E-state index contributed by atoms with van der Waals surface area (Å²) in [5.74, 6) is -0.377. The van der Waals surface area contributed by atoms with Crippen LogP contribution in [0.1, 0.15) is 26.2 Å². The molecule has 84 valence electrons. The highest BCUT2D eigenvalue weighted by molar-refractivity contribution is 6.39. The molecule has 0 radical (unpaired) electrons. The lowest BCUT2D eigenvalue weighted by Gasteiger charge is -2.12. The van der Waals surface area contributed by atoms with E-state index in [1.165, 1.54) is 0 Å². The van der Waals surface area contributed by atoms with Gasteiger partial charge < -0.3 is 11.1 Å². The van der Waals surface area contributed by atoms with E-state index in [1.54, 1.807) is 0 Å². The van der Waals surface area contributed by atoms with Gasteiger partial charge in [-0.1, -0.05) is 0 Å². The standard InChI is InChI=1S/C9H16N4O2/c1-6(10)4-5-11-9(15)7-2-3-8(14)13-12-7/h6H,2-5,10H2,1H3,(H,11,15)(H,13,14). The van der Waals surface area contributed by atoms with Crippen LogP contribution < -0.4 is 16.5 Å². The first-order valence-electron chi connectivity index (χ1n) is 4.99. The van der Waals surface area contributed by atoms with Crippen molar-refractivity contribution in [3.05, 3.63) is 0 Å². The molecule has 1 aliphatic rings. The van der Waals surface area contributed by atoms with Crippen LogP contribution in [0.25, 0.3) is 0 Å². The summed E-state index contributed by atoms with van der Waals surface area (Å²) in [6, 6.07) is 0.0679. The number of hydrogen-bond acceptors (Lipinski definition) is 4. The zero-order valence-electron chi connectivity index (χ0n) is 8.75. The molecule has 1 aliphatic heterocycles. The largest absolute Gasteiger partial charge is 0.351 e. The number of carbonyl (C=O) groups excluding carboxylic acids is 2. The van der Waals surface area contributed by atoms with E-state index < -0.39 is 0 Å². The maximum atomic E-state index is 11.5. The number of amides is 2. The minimum Gasteiger partial charge on any atom is -0.351 e. The summed E-state index contributed by atoms with van der Waals surface area (Å²) in [5, 5.41) is 6.38. The second-order valence-corrected chi connectivity index (χ2v) is 3.62. The molecule has 15 heavy (non-hydrogen) atoms. The van der Waals surface area contributed by atoms with Crippen molar-refractivity contribution >= 4 is 17.5 Å². The summed E-state index contributed by atoms with van der Waals surface area (Å²) in [5.41, 5.74) is 8.19. The van der Waals surface area contributed by atoms with Crippen LogP contribution in [0.5, 0.6) is 0 Å². The van der Waals surface area contributed by atoms with Gasteiger partial charge >= 0.3 is 0 Å².